The van der Waals surface area contributed by atoms with E-state index in [0.717, 1.165) is 5.56 Å². The summed E-state index contributed by atoms with van der Waals surface area (Å²) in [4.78, 5) is 34.3. The monoisotopic (exact) mass is 467 g/mol. The minimum atomic E-state index is -0.665. The summed E-state index contributed by atoms with van der Waals surface area (Å²) in [5.41, 5.74) is 3.79. The molecule has 0 bridgehead atoms. The number of halogens is 1. The topological polar surface area (TPSA) is 120 Å². The molecular formula is C23H18ClN3O6. The van der Waals surface area contributed by atoms with Crippen molar-refractivity contribution in [1.82, 2.24) is 5.43 Å². The van der Waals surface area contributed by atoms with E-state index in [1.807, 2.05) is 6.92 Å². The number of aryl methyl sites for hydroxylation is 1. The van der Waals surface area contributed by atoms with E-state index < -0.39 is 16.8 Å². The summed E-state index contributed by atoms with van der Waals surface area (Å²) in [6.45, 7) is 1.60. The molecule has 1 N–H and O–H groups in total. The van der Waals surface area contributed by atoms with Gasteiger partial charge in [-0.2, -0.15) is 5.10 Å². The van der Waals surface area contributed by atoms with Crippen LogP contribution in [0.3, 0.4) is 0 Å². The van der Waals surface area contributed by atoms with Crippen molar-refractivity contribution >= 4 is 35.4 Å². The number of rotatable bonds is 8. The highest BCUT2D eigenvalue weighted by molar-refractivity contribution is 6.31. The normalized spacial score (nSPS) is 10.6. The standard InChI is InChI=1S/C23H18ClN3O6/c1-15-11-19(9-10-21(15)24)32-14-22(28)26-25-13-16-3-2-4-20(12-16)33-23(29)17-5-7-18(8-6-17)27(30)31/h2-13H,14H2,1H3,(H,26,28)/b25-13-. The second kappa shape index (κ2) is 10.9. The van der Waals surface area contributed by atoms with Crippen LogP contribution in [0.2, 0.25) is 5.02 Å². The lowest BCUT2D eigenvalue weighted by Gasteiger charge is -2.07. The third-order valence-electron chi connectivity index (χ3n) is 4.28. The largest absolute Gasteiger partial charge is 0.484 e. The number of non-ortho nitro benzene ring substituents is 1. The Hall–Kier alpha value is -4.24. The van der Waals surface area contributed by atoms with Crippen LogP contribution in [0, 0.1) is 17.0 Å². The van der Waals surface area contributed by atoms with Crippen molar-refractivity contribution in [2.75, 3.05) is 6.61 Å². The first kappa shape index (κ1) is 23.4. The van der Waals surface area contributed by atoms with Gasteiger partial charge in [0.1, 0.15) is 11.5 Å². The maximum Gasteiger partial charge on any atom is 0.343 e. The highest BCUT2D eigenvalue weighted by Crippen LogP contribution is 2.21. The number of nitro benzene ring substituents is 1. The Morgan fingerprint density at radius 2 is 1.85 bits per heavy atom. The number of ether oxygens (including phenoxy) is 2. The number of amides is 1. The number of benzene rings is 3. The number of hydrogen-bond acceptors (Lipinski definition) is 7. The SMILES string of the molecule is Cc1cc(OCC(=O)N/N=C\c2cccc(OC(=O)c3ccc([N+](=O)[O-])cc3)c2)ccc1Cl. The maximum atomic E-state index is 12.2. The molecular weight excluding hydrogens is 450 g/mol. The second-order valence-corrected chi connectivity index (χ2v) is 7.17. The Morgan fingerprint density at radius 3 is 2.55 bits per heavy atom. The molecule has 0 saturated heterocycles. The Balaban J connectivity index is 1.52. The molecule has 0 aliphatic heterocycles. The minimum Gasteiger partial charge on any atom is -0.484 e. The first-order chi connectivity index (χ1) is 15.8. The smallest absolute Gasteiger partial charge is 0.343 e. The zero-order chi connectivity index (χ0) is 23.8. The van der Waals surface area contributed by atoms with E-state index in [1.165, 1.54) is 30.5 Å². The van der Waals surface area contributed by atoms with E-state index in [9.17, 15) is 19.7 Å². The Morgan fingerprint density at radius 1 is 1.09 bits per heavy atom. The molecule has 10 heteroatoms. The molecule has 3 rings (SSSR count). The number of hydrogen-bond donors (Lipinski definition) is 1. The van der Waals surface area contributed by atoms with Gasteiger partial charge in [-0.3, -0.25) is 14.9 Å². The molecule has 0 atom stereocenters. The molecule has 0 aromatic heterocycles. The van der Waals surface area contributed by atoms with E-state index in [2.05, 4.69) is 10.5 Å². The van der Waals surface area contributed by atoms with Gasteiger partial charge in [0.05, 0.1) is 16.7 Å². The number of nitro groups is 1. The quantitative estimate of drug-likeness (QED) is 0.173. The second-order valence-electron chi connectivity index (χ2n) is 6.76. The van der Waals surface area contributed by atoms with Gasteiger partial charge in [0, 0.05) is 17.2 Å². The molecule has 0 heterocycles. The summed E-state index contributed by atoms with van der Waals surface area (Å²) in [7, 11) is 0. The number of carbonyl (C=O) groups excluding carboxylic acids is 2. The van der Waals surface area contributed by atoms with Gasteiger partial charge in [0.15, 0.2) is 6.61 Å². The molecule has 0 radical (unpaired) electrons. The van der Waals surface area contributed by atoms with Crippen LogP contribution in [0.1, 0.15) is 21.5 Å². The van der Waals surface area contributed by atoms with E-state index in [1.54, 1.807) is 42.5 Å². The number of esters is 1. The molecule has 3 aromatic rings. The lowest BCUT2D eigenvalue weighted by atomic mass is 10.2. The minimum absolute atomic E-state index is 0.125. The molecule has 1 amide bonds. The fourth-order valence-electron chi connectivity index (χ4n) is 2.61. The molecule has 3 aromatic carbocycles. The van der Waals surface area contributed by atoms with Gasteiger partial charge in [-0.15, -0.1) is 0 Å². The number of hydrazone groups is 1. The molecule has 0 fully saturated rings. The average Bonchev–Trinajstić information content (AvgIpc) is 2.80. The zero-order valence-corrected chi connectivity index (χ0v) is 18.1. The fourth-order valence-corrected chi connectivity index (χ4v) is 2.73. The van der Waals surface area contributed by atoms with Gasteiger partial charge in [-0.05, 0) is 60.5 Å². The number of carbonyl (C=O) groups is 2. The molecule has 9 nitrogen and oxygen atoms in total. The van der Waals surface area contributed by atoms with Crippen molar-refractivity contribution in [3.8, 4) is 11.5 Å². The predicted octanol–water partition coefficient (Wildman–Crippen LogP) is 4.30. The lowest BCUT2D eigenvalue weighted by molar-refractivity contribution is -0.384. The highest BCUT2D eigenvalue weighted by Gasteiger charge is 2.12. The molecule has 0 aliphatic rings. The number of nitrogens with zero attached hydrogens (tertiary/aromatic N) is 2. The Labute approximate surface area is 193 Å². The summed E-state index contributed by atoms with van der Waals surface area (Å²) in [6, 6.07) is 16.6. The summed E-state index contributed by atoms with van der Waals surface area (Å²) in [5.74, 6) is -0.366. The van der Waals surface area contributed by atoms with Gasteiger partial charge < -0.3 is 9.47 Å². The van der Waals surface area contributed by atoms with Crippen molar-refractivity contribution in [2.45, 2.75) is 6.92 Å². The fraction of sp³-hybridized carbons (Fsp3) is 0.0870. The molecule has 0 aliphatic carbocycles. The predicted molar refractivity (Wildman–Crippen MR) is 122 cm³/mol. The van der Waals surface area contributed by atoms with Gasteiger partial charge >= 0.3 is 5.97 Å². The van der Waals surface area contributed by atoms with Gasteiger partial charge in [0.2, 0.25) is 0 Å². The lowest BCUT2D eigenvalue weighted by Crippen LogP contribution is -2.24. The van der Waals surface area contributed by atoms with Crippen molar-refractivity contribution < 1.29 is 24.0 Å². The van der Waals surface area contributed by atoms with Gasteiger partial charge in [-0.25, -0.2) is 10.2 Å². The maximum absolute atomic E-state index is 12.2. The van der Waals surface area contributed by atoms with Crippen LogP contribution in [0.4, 0.5) is 5.69 Å². The Bertz CT molecular complexity index is 1210. The summed E-state index contributed by atoms with van der Waals surface area (Å²) >= 11 is 5.95. The molecule has 0 unspecified atom stereocenters. The average molecular weight is 468 g/mol. The van der Waals surface area contributed by atoms with Crippen LogP contribution in [-0.4, -0.2) is 29.6 Å². The summed E-state index contributed by atoms with van der Waals surface area (Å²) < 4.78 is 10.7. The van der Waals surface area contributed by atoms with Crippen LogP contribution >= 0.6 is 11.6 Å². The zero-order valence-electron chi connectivity index (χ0n) is 17.4. The summed E-state index contributed by atoms with van der Waals surface area (Å²) in [6.07, 6.45) is 1.38. The van der Waals surface area contributed by atoms with Crippen molar-refractivity contribution in [3.05, 3.63) is 98.6 Å². The van der Waals surface area contributed by atoms with Crippen LogP contribution in [-0.2, 0) is 4.79 Å². The van der Waals surface area contributed by atoms with E-state index in [0.29, 0.717) is 16.3 Å². The third-order valence-corrected chi connectivity index (χ3v) is 4.71. The van der Waals surface area contributed by atoms with Crippen LogP contribution < -0.4 is 14.9 Å². The van der Waals surface area contributed by atoms with Gasteiger partial charge in [-0.1, -0.05) is 23.7 Å². The molecule has 168 valence electrons. The van der Waals surface area contributed by atoms with Crippen molar-refractivity contribution in [3.63, 3.8) is 0 Å². The van der Waals surface area contributed by atoms with Crippen LogP contribution in [0.5, 0.6) is 11.5 Å². The molecule has 0 saturated carbocycles. The van der Waals surface area contributed by atoms with Crippen LogP contribution in [0.25, 0.3) is 0 Å². The highest BCUT2D eigenvalue weighted by atomic mass is 35.5. The third kappa shape index (κ3) is 6.88. The number of nitrogens with one attached hydrogen (secondary N) is 1. The van der Waals surface area contributed by atoms with E-state index >= 15 is 0 Å². The van der Waals surface area contributed by atoms with E-state index in [4.69, 9.17) is 21.1 Å². The van der Waals surface area contributed by atoms with Gasteiger partial charge in [0.25, 0.3) is 11.6 Å². The van der Waals surface area contributed by atoms with Crippen molar-refractivity contribution in [1.29, 1.82) is 0 Å². The molecule has 0 spiro atoms. The first-order valence-corrected chi connectivity index (χ1v) is 9.97. The Kier molecular flexibility index (Phi) is 7.72. The first-order valence-electron chi connectivity index (χ1n) is 9.59. The molecule has 33 heavy (non-hydrogen) atoms. The van der Waals surface area contributed by atoms with Crippen molar-refractivity contribution in [2.24, 2.45) is 5.10 Å². The van der Waals surface area contributed by atoms with Crippen LogP contribution in [0.15, 0.2) is 71.8 Å². The summed E-state index contributed by atoms with van der Waals surface area (Å²) in [5, 5.41) is 15.2. The van der Waals surface area contributed by atoms with E-state index in [-0.39, 0.29) is 23.6 Å².